The van der Waals surface area contributed by atoms with E-state index in [1.807, 2.05) is 0 Å². The molecule has 11 N–H and O–H groups in total. The van der Waals surface area contributed by atoms with Gasteiger partial charge in [0.05, 0.1) is 13.2 Å². The van der Waals surface area contributed by atoms with E-state index in [0.717, 1.165) is 128 Å². The summed E-state index contributed by atoms with van der Waals surface area (Å²) in [6.07, 6.45) is 16.4. The van der Waals surface area contributed by atoms with E-state index >= 15 is 0 Å². The Morgan fingerprint density at radius 3 is 1.12 bits per heavy atom. The summed E-state index contributed by atoms with van der Waals surface area (Å²) in [5.41, 5.74) is 0. The average Bonchev–Trinajstić information content (AvgIpc) is 0.763. The van der Waals surface area contributed by atoms with E-state index in [1.165, 1.54) is 83.5 Å². The summed E-state index contributed by atoms with van der Waals surface area (Å²) in [6.45, 7) is 3.38. The molecule has 3 fully saturated rings. The maximum absolute atomic E-state index is 14.3. The Kier molecular flexibility index (Phi) is 50.0. The maximum atomic E-state index is 14.3. The second-order valence-electron chi connectivity index (χ2n) is 27.0. The van der Waals surface area contributed by atoms with Crippen LogP contribution in [0.5, 0.6) is 0 Å². The highest BCUT2D eigenvalue weighted by Gasteiger charge is 2.58. The van der Waals surface area contributed by atoms with Gasteiger partial charge in [0.15, 0.2) is 18.7 Å². The average molecular weight is 1420 g/mol. The number of ether oxygens (including phenoxy) is 7. The van der Waals surface area contributed by atoms with Crippen LogP contribution >= 0.6 is 7.82 Å². The molecule has 0 aromatic carbocycles. The van der Waals surface area contributed by atoms with Crippen molar-refractivity contribution in [2.75, 3.05) is 26.4 Å². The zero-order valence-corrected chi connectivity index (χ0v) is 60.5. The van der Waals surface area contributed by atoms with Gasteiger partial charge in [0.25, 0.3) is 0 Å². The number of esters is 3. The van der Waals surface area contributed by atoms with E-state index in [2.05, 4.69) is 57.2 Å². The molecule has 2 saturated heterocycles. The first-order valence-corrected chi connectivity index (χ1v) is 39.3. The van der Waals surface area contributed by atoms with E-state index in [4.69, 9.17) is 42.2 Å². The molecular weight excluding hydrogens is 1290 g/mol. The number of aliphatic hydroxyl groups excluding tert-OH is 10. The minimum atomic E-state index is -5.70. The molecule has 98 heavy (non-hydrogen) atoms. The molecule has 24 nitrogen and oxygen atoms in total. The number of carbonyl (C=O) groups is 3. The summed E-state index contributed by atoms with van der Waals surface area (Å²) in [6, 6.07) is 0. The maximum Gasteiger partial charge on any atom is 0.472 e. The van der Waals surface area contributed by atoms with E-state index in [-0.39, 0.29) is 19.3 Å². The van der Waals surface area contributed by atoms with Crippen molar-refractivity contribution >= 4 is 25.7 Å². The highest BCUT2D eigenvalue weighted by Crippen LogP contribution is 2.49. The third kappa shape index (κ3) is 37.6. The number of carbonyl (C=O) groups excluding carboxylic acids is 3. The number of hydrogen-bond donors (Lipinski definition) is 11. The Balaban J connectivity index is 1.74. The lowest BCUT2D eigenvalue weighted by molar-refractivity contribution is -0.360. The highest BCUT2D eigenvalue weighted by atomic mass is 31.2. The normalized spacial score (nSPS) is 27.8. The van der Waals surface area contributed by atoms with Crippen LogP contribution in [0, 0.1) is 0 Å². The molecule has 0 bridgehead atoms. The Labute approximate surface area is 585 Å². The third-order valence-electron chi connectivity index (χ3n) is 18.4. The zero-order valence-electron chi connectivity index (χ0n) is 59.6. The fourth-order valence-electron chi connectivity index (χ4n) is 12.2. The van der Waals surface area contributed by atoms with Gasteiger partial charge in [0.2, 0.25) is 0 Å². The van der Waals surface area contributed by atoms with Crippen LogP contribution in [0.15, 0.2) is 36.5 Å². The first-order valence-electron chi connectivity index (χ1n) is 37.8. The Morgan fingerprint density at radius 2 is 0.714 bits per heavy atom. The fraction of sp³-hybridized carbons (Fsp3) is 0.877. The van der Waals surface area contributed by atoms with E-state index in [0.29, 0.717) is 25.7 Å². The standard InChI is InChI=1S/C73H131O24P/c1-4-7-10-13-16-19-22-25-27-30-32-35-38-41-44-47-57(75)89-51-54(92-59(77)49-46-43-40-37-34-29-24-21-18-15-12-9-6-3)52-91-98(87,88)97-71-69(95-72-67(85)62(80)60(78)55(50-74)93-72)65(83)64(82)66(84)70(71)96-73-68(86)63(81)61(79)56(94-73)53-90-58(76)48-45-42-39-36-33-31-28-26-23-20-17-14-11-8-5-2/h19-20,22-23,29,34,54-56,60-74,78-86H,4-18,21,24-28,30-33,35-53H2,1-3H3,(H,87,88)/b22-19-,23-20-,34-29-. The molecule has 0 aromatic heterocycles. The number of allylic oxidation sites excluding steroid dienone is 6. The van der Waals surface area contributed by atoms with Gasteiger partial charge in [0, 0.05) is 19.3 Å². The minimum absolute atomic E-state index is 0.0218. The first-order chi connectivity index (χ1) is 47.3. The van der Waals surface area contributed by atoms with Gasteiger partial charge < -0.3 is 89.1 Å². The van der Waals surface area contributed by atoms with Crippen molar-refractivity contribution in [1.29, 1.82) is 0 Å². The largest absolute Gasteiger partial charge is 0.472 e. The smallest absolute Gasteiger partial charge is 0.463 e. The number of rotatable bonds is 58. The van der Waals surface area contributed by atoms with Gasteiger partial charge in [-0.2, -0.15) is 0 Å². The van der Waals surface area contributed by atoms with Crippen molar-refractivity contribution in [3.8, 4) is 0 Å². The van der Waals surface area contributed by atoms with Gasteiger partial charge in [-0.25, -0.2) is 4.57 Å². The number of phosphoric acid groups is 1. The zero-order chi connectivity index (χ0) is 71.8. The van der Waals surface area contributed by atoms with Crippen LogP contribution in [0.25, 0.3) is 0 Å². The molecule has 3 aliphatic rings. The predicted octanol–water partition coefficient (Wildman–Crippen LogP) is 10.3. The Bertz CT molecular complexity index is 2170. The molecule has 0 spiro atoms. The molecule has 1 aliphatic carbocycles. The number of unbranched alkanes of at least 4 members (excludes halogenated alkanes) is 31. The van der Waals surface area contributed by atoms with Crippen molar-refractivity contribution in [1.82, 2.24) is 0 Å². The van der Waals surface area contributed by atoms with Crippen molar-refractivity contribution in [3.05, 3.63) is 36.5 Å². The van der Waals surface area contributed by atoms with Crippen LogP contribution in [0.4, 0.5) is 0 Å². The van der Waals surface area contributed by atoms with Crippen LogP contribution in [0.2, 0.25) is 0 Å². The lowest BCUT2D eigenvalue weighted by Gasteiger charge is -2.49. The molecule has 0 aromatic rings. The SMILES string of the molecule is CCCCCC/C=C\CCCCCCCCCC(=O)OCC(COP(=O)(O)OC1C(OC2OC(CO)C(O)C(O)C2O)C(O)C(O)C(O)C1OC1OC(COC(=O)CCCCCCCCC/C=C\CCCCCC)C(O)C(O)C1O)OC(=O)CCCCC/C=C\CCCCCCCC. The van der Waals surface area contributed by atoms with Crippen LogP contribution in [0.1, 0.15) is 278 Å². The van der Waals surface area contributed by atoms with Gasteiger partial charge in [-0.1, -0.05) is 198 Å². The quantitative estimate of drug-likeness (QED) is 0.00886. The van der Waals surface area contributed by atoms with Gasteiger partial charge in [0.1, 0.15) is 98.7 Å². The summed E-state index contributed by atoms with van der Waals surface area (Å²) in [5.74, 6) is -2.02. The van der Waals surface area contributed by atoms with Crippen LogP contribution < -0.4 is 0 Å². The van der Waals surface area contributed by atoms with Crippen LogP contribution in [0.3, 0.4) is 0 Å². The topological polar surface area (TPSA) is 374 Å². The molecule has 18 atom stereocenters. The van der Waals surface area contributed by atoms with Crippen molar-refractivity contribution in [2.45, 2.75) is 382 Å². The number of phosphoric ester groups is 1. The monoisotopic (exact) mass is 1420 g/mol. The molecule has 1 saturated carbocycles. The molecule has 2 aliphatic heterocycles. The summed E-state index contributed by atoms with van der Waals surface area (Å²) in [4.78, 5) is 51.0. The second-order valence-corrected chi connectivity index (χ2v) is 28.4. The minimum Gasteiger partial charge on any atom is -0.463 e. The summed E-state index contributed by atoms with van der Waals surface area (Å²) in [5, 5.41) is 110. The fourth-order valence-corrected chi connectivity index (χ4v) is 13.1. The summed E-state index contributed by atoms with van der Waals surface area (Å²) in [7, 11) is -5.70. The van der Waals surface area contributed by atoms with E-state index in [1.54, 1.807) is 0 Å². The second kappa shape index (κ2) is 54.8. The van der Waals surface area contributed by atoms with E-state index < -0.39 is 156 Å². The lowest BCUT2D eigenvalue weighted by Crippen LogP contribution is -2.69. The molecule has 3 rings (SSSR count). The summed E-state index contributed by atoms with van der Waals surface area (Å²) >= 11 is 0. The number of aliphatic hydroxyl groups is 10. The highest BCUT2D eigenvalue weighted by molar-refractivity contribution is 7.47. The lowest BCUT2D eigenvalue weighted by atomic mass is 9.84. The number of hydrogen-bond acceptors (Lipinski definition) is 23. The van der Waals surface area contributed by atoms with Gasteiger partial charge in [-0.3, -0.25) is 23.4 Å². The van der Waals surface area contributed by atoms with Crippen molar-refractivity contribution < 1.29 is 117 Å². The van der Waals surface area contributed by atoms with Gasteiger partial charge in [-0.15, -0.1) is 0 Å². The summed E-state index contributed by atoms with van der Waals surface area (Å²) < 4.78 is 65.0. The van der Waals surface area contributed by atoms with Gasteiger partial charge in [-0.05, 0) is 96.3 Å². The van der Waals surface area contributed by atoms with E-state index in [9.17, 15) is 74.9 Å². The first kappa shape index (κ1) is 89.4. The Morgan fingerprint density at radius 1 is 0.388 bits per heavy atom. The molecule has 0 radical (unpaired) electrons. The molecule has 25 heteroatoms. The molecule has 0 amide bonds. The predicted molar refractivity (Wildman–Crippen MR) is 370 cm³/mol. The van der Waals surface area contributed by atoms with Gasteiger partial charge >= 0.3 is 25.7 Å². The van der Waals surface area contributed by atoms with Crippen LogP contribution in [-0.2, 0) is 61.2 Å². The van der Waals surface area contributed by atoms with Crippen LogP contribution in [-0.4, -0.2) is 204 Å². The molecule has 572 valence electrons. The van der Waals surface area contributed by atoms with Crippen molar-refractivity contribution in [2.24, 2.45) is 0 Å². The molecule has 18 unspecified atom stereocenters. The molecule has 2 heterocycles. The molecular formula is C73H131O24P. The van der Waals surface area contributed by atoms with Crippen molar-refractivity contribution in [3.63, 3.8) is 0 Å². The third-order valence-corrected chi connectivity index (χ3v) is 19.3. The Hall–Kier alpha value is -2.82.